The number of benzene rings is 1. The summed E-state index contributed by atoms with van der Waals surface area (Å²) < 4.78 is 21.7. The van der Waals surface area contributed by atoms with Gasteiger partial charge in [0.15, 0.2) is 12.1 Å². The SMILES string of the molecule is COC(OC)[C@H](O)[C@@H]1OC(C)(C)OC[C@]1(O)Cc1ccccc1. The zero-order valence-electron chi connectivity index (χ0n) is 14.1. The maximum absolute atomic E-state index is 11.1. The van der Waals surface area contributed by atoms with Gasteiger partial charge in [-0.05, 0) is 19.4 Å². The maximum atomic E-state index is 11.1. The highest BCUT2D eigenvalue weighted by Gasteiger charge is 2.52. The molecule has 0 spiro atoms. The average Bonchev–Trinajstić information content (AvgIpc) is 2.52. The molecule has 1 aliphatic heterocycles. The van der Waals surface area contributed by atoms with E-state index in [1.165, 1.54) is 14.2 Å². The first-order chi connectivity index (χ1) is 10.8. The summed E-state index contributed by atoms with van der Waals surface area (Å²) in [6.45, 7) is 3.52. The number of hydrogen-bond donors (Lipinski definition) is 2. The molecular formula is C17H26O6. The minimum Gasteiger partial charge on any atom is -0.385 e. The van der Waals surface area contributed by atoms with Crippen molar-refractivity contribution in [2.75, 3.05) is 20.8 Å². The molecule has 0 bridgehead atoms. The quantitative estimate of drug-likeness (QED) is 0.762. The molecular weight excluding hydrogens is 300 g/mol. The summed E-state index contributed by atoms with van der Waals surface area (Å²) in [6.07, 6.45) is -2.71. The van der Waals surface area contributed by atoms with Gasteiger partial charge in [-0.1, -0.05) is 30.3 Å². The number of ether oxygens (including phenoxy) is 4. The van der Waals surface area contributed by atoms with Crippen molar-refractivity contribution < 1.29 is 29.2 Å². The van der Waals surface area contributed by atoms with Crippen LogP contribution in [0.3, 0.4) is 0 Å². The highest BCUT2D eigenvalue weighted by atomic mass is 16.7. The molecule has 3 atom stereocenters. The number of methoxy groups -OCH3 is 2. The summed E-state index contributed by atoms with van der Waals surface area (Å²) in [5.41, 5.74) is -0.475. The lowest BCUT2D eigenvalue weighted by molar-refractivity contribution is -0.361. The summed E-state index contributed by atoms with van der Waals surface area (Å²) in [5.74, 6) is -0.916. The van der Waals surface area contributed by atoms with E-state index in [-0.39, 0.29) is 13.0 Å². The second-order valence-corrected chi connectivity index (χ2v) is 6.32. The second kappa shape index (κ2) is 7.25. The van der Waals surface area contributed by atoms with Gasteiger partial charge in [0.25, 0.3) is 0 Å². The van der Waals surface area contributed by atoms with E-state index in [1.807, 2.05) is 30.3 Å². The zero-order valence-corrected chi connectivity index (χ0v) is 14.1. The third kappa shape index (κ3) is 4.29. The van der Waals surface area contributed by atoms with Crippen molar-refractivity contribution in [3.05, 3.63) is 35.9 Å². The first-order valence-corrected chi connectivity index (χ1v) is 7.63. The Labute approximate surface area is 136 Å². The van der Waals surface area contributed by atoms with E-state index in [1.54, 1.807) is 13.8 Å². The lowest BCUT2D eigenvalue weighted by Crippen LogP contribution is -2.64. The molecule has 23 heavy (non-hydrogen) atoms. The molecule has 6 nitrogen and oxygen atoms in total. The van der Waals surface area contributed by atoms with Gasteiger partial charge in [0.2, 0.25) is 0 Å². The van der Waals surface area contributed by atoms with Gasteiger partial charge in [-0.15, -0.1) is 0 Å². The zero-order chi connectivity index (χ0) is 17.1. The molecule has 0 unspecified atom stereocenters. The fourth-order valence-electron chi connectivity index (χ4n) is 2.84. The molecule has 1 aliphatic rings. The van der Waals surface area contributed by atoms with Gasteiger partial charge >= 0.3 is 0 Å². The molecule has 0 aliphatic carbocycles. The molecule has 1 aromatic rings. The van der Waals surface area contributed by atoms with E-state index in [4.69, 9.17) is 18.9 Å². The van der Waals surface area contributed by atoms with Crippen molar-refractivity contribution in [2.45, 2.75) is 50.2 Å². The minimum absolute atomic E-state index is 0.0385. The second-order valence-electron chi connectivity index (χ2n) is 6.32. The Morgan fingerprint density at radius 3 is 2.39 bits per heavy atom. The Bertz CT molecular complexity index is 487. The van der Waals surface area contributed by atoms with E-state index in [9.17, 15) is 10.2 Å². The summed E-state index contributed by atoms with van der Waals surface area (Å²) in [5, 5.41) is 21.7. The van der Waals surface area contributed by atoms with Gasteiger partial charge in [0, 0.05) is 20.6 Å². The lowest BCUT2D eigenvalue weighted by Gasteiger charge is -2.48. The normalized spacial score (nSPS) is 28.7. The summed E-state index contributed by atoms with van der Waals surface area (Å²) in [6, 6.07) is 9.51. The van der Waals surface area contributed by atoms with E-state index in [0.29, 0.717) is 0 Å². The summed E-state index contributed by atoms with van der Waals surface area (Å²) in [4.78, 5) is 0. The van der Waals surface area contributed by atoms with Crippen molar-refractivity contribution in [3.63, 3.8) is 0 Å². The summed E-state index contributed by atoms with van der Waals surface area (Å²) >= 11 is 0. The number of aliphatic hydroxyl groups is 2. The van der Waals surface area contributed by atoms with Crippen molar-refractivity contribution >= 4 is 0 Å². The predicted octanol–water partition coefficient (Wildman–Crippen LogP) is 1.09. The Morgan fingerprint density at radius 2 is 1.83 bits per heavy atom. The standard InChI is InChI=1S/C17H26O6/c1-16(2)22-11-17(19,10-12-8-6-5-7-9-12)14(23-16)13(18)15(20-3)21-4/h5-9,13-15,18-19H,10-11H2,1-4H3/t13-,14+,17-/m1/s1. The molecule has 2 rings (SSSR count). The van der Waals surface area contributed by atoms with Crippen LogP contribution in [0.5, 0.6) is 0 Å². The van der Waals surface area contributed by atoms with Crippen LogP contribution in [0.2, 0.25) is 0 Å². The van der Waals surface area contributed by atoms with Gasteiger partial charge in [0.1, 0.15) is 17.8 Å². The van der Waals surface area contributed by atoms with Crippen LogP contribution in [0.15, 0.2) is 30.3 Å². The van der Waals surface area contributed by atoms with E-state index in [0.717, 1.165) is 5.56 Å². The van der Waals surface area contributed by atoms with Crippen LogP contribution in [0.25, 0.3) is 0 Å². The fraction of sp³-hybridized carbons (Fsp3) is 0.647. The molecule has 0 saturated carbocycles. The van der Waals surface area contributed by atoms with E-state index < -0.39 is 29.9 Å². The van der Waals surface area contributed by atoms with Crippen molar-refractivity contribution in [2.24, 2.45) is 0 Å². The highest BCUT2D eigenvalue weighted by molar-refractivity contribution is 5.18. The van der Waals surface area contributed by atoms with E-state index >= 15 is 0 Å². The molecule has 0 radical (unpaired) electrons. The summed E-state index contributed by atoms with van der Waals surface area (Å²) in [7, 11) is 2.86. The van der Waals surface area contributed by atoms with Crippen LogP contribution in [0.1, 0.15) is 19.4 Å². The predicted molar refractivity (Wildman–Crippen MR) is 83.8 cm³/mol. The smallest absolute Gasteiger partial charge is 0.185 e. The fourth-order valence-corrected chi connectivity index (χ4v) is 2.84. The van der Waals surface area contributed by atoms with Gasteiger partial charge in [-0.3, -0.25) is 0 Å². The molecule has 0 amide bonds. The monoisotopic (exact) mass is 326 g/mol. The van der Waals surface area contributed by atoms with Crippen LogP contribution in [-0.4, -0.2) is 60.9 Å². The van der Waals surface area contributed by atoms with Gasteiger partial charge < -0.3 is 29.2 Å². The van der Waals surface area contributed by atoms with Crippen LogP contribution in [0, 0.1) is 0 Å². The third-order valence-corrected chi connectivity index (χ3v) is 4.02. The molecule has 130 valence electrons. The number of hydrogen-bond acceptors (Lipinski definition) is 6. The van der Waals surface area contributed by atoms with Gasteiger partial charge in [0.05, 0.1) is 6.61 Å². The first-order valence-electron chi connectivity index (χ1n) is 7.63. The number of aliphatic hydroxyl groups excluding tert-OH is 1. The maximum Gasteiger partial charge on any atom is 0.185 e. The molecule has 6 heteroatoms. The molecule has 1 heterocycles. The van der Waals surface area contributed by atoms with Crippen LogP contribution in [-0.2, 0) is 25.4 Å². The minimum atomic E-state index is -1.40. The average molecular weight is 326 g/mol. The van der Waals surface area contributed by atoms with Crippen molar-refractivity contribution in [3.8, 4) is 0 Å². The van der Waals surface area contributed by atoms with Crippen LogP contribution >= 0.6 is 0 Å². The Hall–Kier alpha value is -1.02. The van der Waals surface area contributed by atoms with Crippen LogP contribution < -0.4 is 0 Å². The molecule has 1 saturated heterocycles. The number of rotatable bonds is 6. The molecule has 0 aromatic heterocycles. The molecule has 2 N–H and O–H groups in total. The van der Waals surface area contributed by atoms with Crippen LogP contribution in [0.4, 0.5) is 0 Å². The third-order valence-electron chi connectivity index (χ3n) is 4.02. The Kier molecular flexibility index (Phi) is 5.78. The Balaban J connectivity index is 2.26. The van der Waals surface area contributed by atoms with Crippen molar-refractivity contribution in [1.82, 2.24) is 0 Å². The largest absolute Gasteiger partial charge is 0.385 e. The molecule has 1 fully saturated rings. The van der Waals surface area contributed by atoms with Gasteiger partial charge in [-0.2, -0.15) is 0 Å². The van der Waals surface area contributed by atoms with Gasteiger partial charge in [-0.25, -0.2) is 0 Å². The van der Waals surface area contributed by atoms with Crippen molar-refractivity contribution in [1.29, 1.82) is 0 Å². The topological polar surface area (TPSA) is 77.4 Å². The first kappa shape index (κ1) is 18.3. The van der Waals surface area contributed by atoms with E-state index in [2.05, 4.69) is 0 Å². The highest BCUT2D eigenvalue weighted by Crippen LogP contribution is 2.34. The Morgan fingerprint density at radius 1 is 1.22 bits per heavy atom. The lowest BCUT2D eigenvalue weighted by atomic mass is 9.85. The molecule has 1 aromatic carbocycles.